The van der Waals surface area contributed by atoms with Crippen LogP contribution in [0.2, 0.25) is 0 Å². The Morgan fingerprint density at radius 3 is 2.56 bits per heavy atom. The van der Waals surface area contributed by atoms with Gasteiger partial charge in [-0.3, -0.25) is 9.69 Å². The molecule has 0 saturated carbocycles. The van der Waals surface area contributed by atoms with E-state index in [0.29, 0.717) is 12.1 Å². The maximum atomic E-state index is 13.0. The Balaban J connectivity index is 1.64. The minimum absolute atomic E-state index is 0.0945. The van der Waals surface area contributed by atoms with Crippen molar-refractivity contribution in [2.75, 3.05) is 18.9 Å². The molecule has 3 rings (SSSR count). The van der Waals surface area contributed by atoms with E-state index in [2.05, 4.69) is 5.32 Å². The molecule has 0 aromatic heterocycles. The summed E-state index contributed by atoms with van der Waals surface area (Å²) in [5.74, 6) is -0.361. The van der Waals surface area contributed by atoms with E-state index in [9.17, 15) is 23.1 Å². The van der Waals surface area contributed by atoms with Gasteiger partial charge < -0.3 is 10.4 Å². The number of nitrogens with zero attached hydrogens (tertiary/aromatic N) is 1. The fraction of sp³-hybridized carbons (Fsp3) is 0.350. The SMILES string of the molecule is CN(CC(=O)Nc1ccccc1C(F)(F)F)Cc1cc2c(cc1O)CCC2. The number of benzene rings is 2. The van der Waals surface area contributed by atoms with Gasteiger partial charge in [0.15, 0.2) is 0 Å². The van der Waals surface area contributed by atoms with Gasteiger partial charge in [0, 0.05) is 12.1 Å². The number of likely N-dealkylation sites (N-methyl/N-ethyl adjacent to an activating group) is 1. The largest absolute Gasteiger partial charge is 0.508 e. The van der Waals surface area contributed by atoms with Gasteiger partial charge in [-0.15, -0.1) is 0 Å². The van der Waals surface area contributed by atoms with Crippen LogP contribution in [0.1, 0.15) is 28.7 Å². The number of hydrogen-bond donors (Lipinski definition) is 2. The van der Waals surface area contributed by atoms with Crippen LogP contribution in [0.15, 0.2) is 36.4 Å². The van der Waals surface area contributed by atoms with Crippen LogP contribution in [0.4, 0.5) is 18.9 Å². The van der Waals surface area contributed by atoms with Crippen LogP contribution in [-0.2, 0) is 30.4 Å². The molecule has 1 aliphatic rings. The number of hydrogen-bond acceptors (Lipinski definition) is 3. The van der Waals surface area contributed by atoms with Crippen LogP contribution < -0.4 is 5.32 Å². The summed E-state index contributed by atoms with van der Waals surface area (Å²) in [5.41, 5.74) is 1.93. The first kappa shape index (κ1) is 19.2. The van der Waals surface area contributed by atoms with E-state index < -0.39 is 17.6 Å². The van der Waals surface area contributed by atoms with Gasteiger partial charge in [-0.2, -0.15) is 13.2 Å². The van der Waals surface area contributed by atoms with Gasteiger partial charge in [-0.05, 0) is 55.6 Å². The summed E-state index contributed by atoms with van der Waals surface area (Å²) in [5, 5.41) is 12.5. The summed E-state index contributed by atoms with van der Waals surface area (Å²) in [7, 11) is 1.68. The summed E-state index contributed by atoms with van der Waals surface area (Å²) in [6, 6.07) is 8.60. The number of amides is 1. The summed E-state index contributed by atoms with van der Waals surface area (Å²) < 4.78 is 39.0. The minimum Gasteiger partial charge on any atom is -0.508 e. The number of nitrogens with one attached hydrogen (secondary N) is 1. The van der Waals surface area contributed by atoms with Crippen LogP contribution in [-0.4, -0.2) is 29.5 Å². The molecule has 4 nitrogen and oxygen atoms in total. The van der Waals surface area contributed by atoms with E-state index in [1.165, 1.54) is 23.8 Å². The molecule has 1 aliphatic carbocycles. The molecule has 7 heteroatoms. The van der Waals surface area contributed by atoms with Gasteiger partial charge in [-0.25, -0.2) is 0 Å². The van der Waals surface area contributed by atoms with Crippen molar-refractivity contribution in [1.29, 1.82) is 0 Å². The first-order chi connectivity index (χ1) is 12.7. The molecular weight excluding hydrogens is 357 g/mol. The highest BCUT2D eigenvalue weighted by Gasteiger charge is 2.33. The topological polar surface area (TPSA) is 52.6 Å². The number of halogens is 3. The Labute approximate surface area is 155 Å². The van der Waals surface area contributed by atoms with Crippen LogP contribution in [0, 0.1) is 0 Å². The number of aromatic hydroxyl groups is 1. The summed E-state index contributed by atoms with van der Waals surface area (Å²) in [6.45, 7) is 0.232. The van der Waals surface area contributed by atoms with Gasteiger partial charge in [0.2, 0.25) is 5.91 Å². The monoisotopic (exact) mass is 378 g/mol. The number of rotatable bonds is 5. The lowest BCUT2D eigenvalue weighted by atomic mass is 10.0. The van der Waals surface area contributed by atoms with E-state index in [-0.39, 0.29) is 18.0 Å². The zero-order chi connectivity index (χ0) is 19.6. The maximum absolute atomic E-state index is 13.0. The number of phenolic OH excluding ortho intramolecular Hbond substituents is 1. The van der Waals surface area contributed by atoms with E-state index in [1.54, 1.807) is 18.0 Å². The summed E-state index contributed by atoms with van der Waals surface area (Å²) in [6.07, 6.45) is -1.54. The molecule has 0 spiro atoms. The van der Waals surface area contributed by atoms with Crippen molar-refractivity contribution in [2.45, 2.75) is 32.0 Å². The average molecular weight is 378 g/mol. The number of carbonyl (C=O) groups is 1. The maximum Gasteiger partial charge on any atom is 0.418 e. The lowest BCUT2D eigenvalue weighted by Gasteiger charge is -2.19. The minimum atomic E-state index is -4.54. The number of phenols is 1. The van der Waals surface area contributed by atoms with Crippen molar-refractivity contribution < 1.29 is 23.1 Å². The Hall–Kier alpha value is -2.54. The first-order valence-electron chi connectivity index (χ1n) is 8.72. The molecule has 0 radical (unpaired) electrons. The van der Waals surface area contributed by atoms with Crippen molar-refractivity contribution >= 4 is 11.6 Å². The standard InChI is InChI=1S/C20H21F3N2O2/c1-25(11-15-9-13-5-4-6-14(13)10-18(15)26)12-19(27)24-17-8-3-2-7-16(17)20(21,22)23/h2-3,7-10,26H,4-6,11-12H2,1H3,(H,24,27). The fourth-order valence-corrected chi connectivity index (χ4v) is 3.41. The highest BCUT2D eigenvalue weighted by molar-refractivity contribution is 5.93. The normalized spacial score (nSPS) is 13.7. The van der Waals surface area contributed by atoms with Gasteiger partial charge in [-0.1, -0.05) is 18.2 Å². The zero-order valence-electron chi connectivity index (χ0n) is 14.9. The molecule has 0 atom stereocenters. The summed E-state index contributed by atoms with van der Waals surface area (Å²) >= 11 is 0. The van der Waals surface area contributed by atoms with Crippen molar-refractivity contribution in [2.24, 2.45) is 0 Å². The third-order valence-electron chi connectivity index (χ3n) is 4.65. The van der Waals surface area contributed by atoms with Gasteiger partial charge >= 0.3 is 6.18 Å². The molecule has 0 bridgehead atoms. The second-order valence-corrected chi connectivity index (χ2v) is 6.87. The molecule has 27 heavy (non-hydrogen) atoms. The number of para-hydroxylation sites is 1. The Morgan fingerprint density at radius 2 is 1.85 bits per heavy atom. The molecule has 0 unspecified atom stereocenters. The van der Waals surface area contributed by atoms with Crippen LogP contribution >= 0.6 is 0 Å². The predicted molar refractivity (Wildman–Crippen MR) is 96.5 cm³/mol. The predicted octanol–water partition coefficient (Wildman–Crippen LogP) is 3.97. The Morgan fingerprint density at radius 1 is 1.19 bits per heavy atom. The van der Waals surface area contributed by atoms with E-state index in [4.69, 9.17) is 0 Å². The van der Waals surface area contributed by atoms with Crippen molar-refractivity contribution in [3.63, 3.8) is 0 Å². The van der Waals surface area contributed by atoms with Gasteiger partial charge in [0.25, 0.3) is 0 Å². The van der Waals surface area contributed by atoms with Crippen molar-refractivity contribution in [3.05, 3.63) is 58.7 Å². The third-order valence-corrected chi connectivity index (χ3v) is 4.65. The van der Waals surface area contributed by atoms with Crippen LogP contribution in [0.3, 0.4) is 0 Å². The summed E-state index contributed by atoms with van der Waals surface area (Å²) in [4.78, 5) is 13.8. The highest BCUT2D eigenvalue weighted by Crippen LogP contribution is 2.34. The molecule has 0 aliphatic heterocycles. The lowest BCUT2D eigenvalue weighted by Crippen LogP contribution is -2.30. The Bertz CT molecular complexity index is 850. The van der Waals surface area contributed by atoms with Crippen molar-refractivity contribution in [1.82, 2.24) is 4.90 Å². The quantitative estimate of drug-likeness (QED) is 0.828. The zero-order valence-corrected chi connectivity index (χ0v) is 14.9. The molecule has 2 aromatic carbocycles. The Kier molecular flexibility index (Phi) is 5.41. The number of alkyl halides is 3. The second-order valence-electron chi connectivity index (χ2n) is 6.87. The molecule has 1 amide bonds. The molecule has 0 heterocycles. The van der Waals surface area contributed by atoms with Gasteiger partial charge in [0.05, 0.1) is 17.8 Å². The molecule has 144 valence electrons. The first-order valence-corrected chi connectivity index (χ1v) is 8.72. The average Bonchev–Trinajstić information content (AvgIpc) is 3.01. The fourth-order valence-electron chi connectivity index (χ4n) is 3.41. The van der Waals surface area contributed by atoms with Gasteiger partial charge in [0.1, 0.15) is 5.75 Å². The van der Waals surface area contributed by atoms with E-state index in [0.717, 1.165) is 30.9 Å². The van der Waals surface area contributed by atoms with Crippen LogP contribution in [0.25, 0.3) is 0 Å². The highest BCUT2D eigenvalue weighted by atomic mass is 19.4. The number of fused-ring (bicyclic) bond motifs is 1. The lowest BCUT2D eigenvalue weighted by molar-refractivity contribution is -0.137. The number of carbonyl (C=O) groups excluding carboxylic acids is 1. The molecule has 2 N–H and O–H groups in total. The molecule has 0 fully saturated rings. The molecule has 0 saturated heterocycles. The third kappa shape index (κ3) is 4.60. The molecular formula is C20H21F3N2O2. The van der Waals surface area contributed by atoms with E-state index >= 15 is 0 Å². The second kappa shape index (κ2) is 7.60. The van der Waals surface area contributed by atoms with E-state index in [1.807, 2.05) is 6.07 Å². The van der Waals surface area contributed by atoms with Crippen molar-refractivity contribution in [3.8, 4) is 5.75 Å². The number of aryl methyl sites for hydroxylation is 2. The smallest absolute Gasteiger partial charge is 0.418 e. The number of anilines is 1. The van der Waals surface area contributed by atoms with Crippen LogP contribution in [0.5, 0.6) is 5.75 Å². The molecule has 2 aromatic rings.